The first-order valence-corrected chi connectivity index (χ1v) is 7.97. The van der Waals surface area contributed by atoms with Crippen molar-refractivity contribution in [2.24, 2.45) is 0 Å². The highest BCUT2D eigenvalue weighted by molar-refractivity contribution is 5.94. The van der Waals surface area contributed by atoms with Gasteiger partial charge in [0.05, 0.1) is 5.69 Å². The van der Waals surface area contributed by atoms with Crippen molar-refractivity contribution < 1.29 is 4.79 Å². The average molecular weight is 328 g/mol. The van der Waals surface area contributed by atoms with Crippen molar-refractivity contribution in [2.45, 2.75) is 33.1 Å². The lowest BCUT2D eigenvalue weighted by Gasteiger charge is -2.18. The van der Waals surface area contributed by atoms with E-state index >= 15 is 0 Å². The number of carbonyl (C=O) groups is 1. The van der Waals surface area contributed by atoms with E-state index in [0.717, 1.165) is 5.69 Å². The maximum absolute atomic E-state index is 12.3. The molecular formula is C18H24N4O2. The summed E-state index contributed by atoms with van der Waals surface area (Å²) in [6.07, 6.45) is 0. The van der Waals surface area contributed by atoms with Gasteiger partial charge in [-0.2, -0.15) is 0 Å². The Morgan fingerprint density at radius 3 is 2.42 bits per heavy atom. The number of hydrogen-bond donors (Lipinski definition) is 3. The van der Waals surface area contributed by atoms with Crippen molar-refractivity contribution in [2.75, 3.05) is 18.4 Å². The molecule has 0 spiro atoms. The fraction of sp³-hybridized carbons (Fsp3) is 0.389. The van der Waals surface area contributed by atoms with Gasteiger partial charge >= 0.3 is 0 Å². The maximum Gasteiger partial charge on any atom is 0.264 e. The van der Waals surface area contributed by atoms with Crippen LogP contribution in [-0.2, 0) is 5.41 Å². The molecule has 0 aliphatic rings. The van der Waals surface area contributed by atoms with E-state index in [1.165, 1.54) is 0 Å². The van der Waals surface area contributed by atoms with Crippen LogP contribution >= 0.6 is 0 Å². The number of hydrogen-bond acceptors (Lipinski definition) is 4. The highest BCUT2D eigenvalue weighted by atomic mass is 16.2. The lowest BCUT2D eigenvalue weighted by atomic mass is 9.95. The predicted molar refractivity (Wildman–Crippen MR) is 95.6 cm³/mol. The SMILES string of the molecule is Cc1nc(C(C)(C)C)[nH]c(=O)c1C(=O)NCCNc1ccccc1. The first-order valence-electron chi connectivity index (χ1n) is 7.97. The molecule has 0 saturated carbocycles. The van der Waals surface area contributed by atoms with Gasteiger partial charge in [0.25, 0.3) is 11.5 Å². The zero-order chi connectivity index (χ0) is 17.7. The van der Waals surface area contributed by atoms with Crippen LogP contribution in [-0.4, -0.2) is 29.0 Å². The van der Waals surface area contributed by atoms with Gasteiger partial charge in [-0.05, 0) is 19.1 Å². The van der Waals surface area contributed by atoms with E-state index < -0.39 is 11.5 Å². The van der Waals surface area contributed by atoms with Gasteiger partial charge in [0, 0.05) is 24.2 Å². The minimum absolute atomic E-state index is 0.0720. The second-order valence-corrected chi connectivity index (χ2v) is 6.67. The molecule has 1 aromatic heterocycles. The summed E-state index contributed by atoms with van der Waals surface area (Å²) in [5, 5.41) is 5.94. The number of aryl methyl sites for hydroxylation is 1. The van der Waals surface area contributed by atoms with E-state index in [9.17, 15) is 9.59 Å². The molecule has 0 saturated heterocycles. The largest absolute Gasteiger partial charge is 0.383 e. The monoisotopic (exact) mass is 328 g/mol. The number of nitrogens with one attached hydrogen (secondary N) is 3. The first kappa shape index (κ1) is 17.7. The Hall–Kier alpha value is -2.63. The Kier molecular flexibility index (Phi) is 5.39. The van der Waals surface area contributed by atoms with Crippen LogP contribution in [0.15, 0.2) is 35.1 Å². The van der Waals surface area contributed by atoms with Crippen molar-refractivity contribution in [1.29, 1.82) is 0 Å². The number of H-pyrrole nitrogens is 1. The lowest BCUT2D eigenvalue weighted by molar-refractivity contribution is 0.0952. The number of carbonyl (C=O) groups excluding carboxylic acids is 1. The molecule has 0 aliphatic heterocycles. The summed E-state index contributed by atoms with van der Waals surface area (Å²) in [5.41, 5.74) is 0.816. The van der Waals surface area contributed by atoms with Gasteiger partial charge in [-0.15, -0.1) is 0 Å². The van der Waals surface area contributed by atoms with Crippen LogP contribution in [0.5, 0.6) is 0 Å². The summed E-state index contributed by atoms with van der Waals surface area (Å²) < 4.78 is 0. The number of para-hydroxylation sites is 1. The summed E-state index contributed by atoms with van der Waals surface area (Å²) in [4.78, 5) is 31.6. The minimum atomic E-state index is -0.406. The summed E-state index contributed by atoms with van der Waals surface area (Å²) in [6, 6.07) is 9.71. The van der Waals surface area contributed by atoms with Gasteiger partial charge in [-0.3, -0.25) is 9.59 Å². The Labute approximate surface area is 141 Å². The third kappa shape index (κ3) is 4.44. The van der Waals surface area contributed by atoms with Crippen molar-refractivity contribution in [3.05, 3.63) is 57.8 Å². The minimum Gasteiger partial charge on any atom is -0.383 e. The van der Waals surface area contributed by atoms with Crippen molar-refractivity contribution in [3.63, 3.8) is 0 Å². The van der Waals surface area contributed by atoms with Crippen LogP contribution in [0, 0.1) is 6.92 Å². The number of benzene rings is 1. The number of aromatic nitrogens is 2. The number of nitrogens with zero attached hydrogens (tertiary/aromatic N) is 1. The van der Waals surface area contributed by atoms with Crippen molar-refractivity contribution in [3.8, 4) is 0 Å². The standard InChI is InChI=1S/C18H24N4O2/c1-12-14(16(24)22-17(21-12)18(2,3)4)15(23)20-11-10-19-13-8-6-5-7-9-13/h5-9,19H,10-11H2,1-4H3,(H,20,23)(H,21,22,24). The first-order chi connectivity index (χ1) is 11.3. The molecule has 0 aliphatic carbocycles. The highest BCUT2D eigenvalue weighted by Crippen LogP contribution is 2.17. The molecule has 0 atom stereocenters. The highest BCUT2D eigenvalue weighted by Gasteiger charge is 2.21. The predicted octanol–water partition coefficient (Wildman–Crippen LogP) is 2.22. The molecule has 24 heavy (non-hydrogen) atoms. The van der Waals surface area contributed by atoms with Crippen molar-refractivity contribution >= 4 is 11.6 Å². The van der Waals surface area contributed by atoms with E-state index in [2.05, 4.69) is 20.6 Å². The topological polar surface area (TPSA) is 86.9 Å². The molecule has 6 nitrogen and oxygen atoms in total. The Balaban J connectivity index is 1.99. The third-order valence-corrected chi connectivity index (χ3v) is 3.55. The molecule has 0 radical (unpaired) electrons. The van der Waals surface area contributed by atoms with Gasteiger partial charge in [0.1, 0.15) is 11.4 Å². The average Bonchev–Trinajstić information content (AvgIpc) is 2.51. The van der Waals surface area contributed by atoms with Crippen LogP contribution in [0.2, 0.25) is 0 Å². The Morgan fingerprint density at radius 2 is 1.83 bits per heavy atom. The summed E-state index contributed by atoms with van der Waals surface area (Å²) >= 11 is 0. The molecule has 1 aromatic carbocycles. The Bertz CT molecular complexity index is 761. The molecule has 0 fully saturated rings. The third-order valence-electron chi connectivity index (χ3n) is 3.55. The lowest BCUT2D eigenvalue weighted by Crippen LogP contribution is -2.35. The van der Waals surface area contributed by atoms with Crippen LogP contribution in [0.3, 0.4) is 0 Å². The summed E-state index contributed by atoms with van der Waals surface area (Å²) in [6.45, 7) is 8.54. The van der Waals surface area contributed by atoms with E-state index in [1.54, 1.807) is 6.92 Å². The molecule has 1 heterocycles. The Morgan fingerprint density at radius 1 is 1.17 bits per heavy atom. The van der Waals surface area contributed by atoms with Crippen LogP contribution in [0.1, 0.15) is 42.6 Å². The molecule has 2 aromatic rings. The molecule has 0 bridgehead atoms. The van der Waals surface area contributed by atoms with Gasteiger partial charge in [-0.1, -0.05) is 39.0 Å². The van der Waals surface area contributed by atoms with Crippen LogP contribution < -0.4 is 16.2 Å². The van der Waals surface area contributed by atoms with Gasteiger partial charge in [0.15, 0.2) is 0 Å². The molecule has 0 unspecified atom stereocenters. The fourth-order valence-corrected chi connectivity index (χ4v) is 2.24. The zero-order valence-corrected chi connectivity index (χ0v) is 14.6. The van der Waals surface area contributed by atoms with Crippen LogP contribution in [0.25, 0.3) is 0 Å². The smallest absolute Gasteiger partial charge is 0.264 e. The second-order valence-electron chi connectivity index (χ2n) is 6.67. The molecule has 1 amide bonds. The van der Waals surface area contributed by atoms with E-state index in [4.69, 9.17) is 0 Å². The molecule has 128 valence electrons. The summed E-state index contributed by atoms with van der Waals surface area (Å²) in [7, 11) is 0. The molecule has 2 rings (SSSR count). The number of anilines is 1. The fourth-order valence-electron chi connectivity index (χ4n) is 2.24. The van der Waals surface area contributed by atoms with Crippen molar-refractivity contribution in [1.82, 2.24) is 15.3 Å². The molecule has 3 N–H and O–H groups in total. The molecular weight excluding hydrogens is 304 g/mol. The van der Waals surface area contributed by atoms with E-state index in [0.29, 0.717) is 24.6 Å². The maximum atomic E-state index is 12.3. The molecule has 6 heteroatoms. The second kappa shape index (κ2) is 7.29. The zero-order valence-electron chi connectivity index (χ0n) is 14.6. The van der Waals surface area contributed by atoms with E-state index in [1.807, 2.05) is 51.1 Å². The summed E-state index contributed by atoms with van der Waals surface area (Å²) in [5.74, 6) is 0.170. The van der Waals surface area contributed by atoms with Crippen LogP contribution in [0.4, 0.5) is 5.69 Å². The number of aromatic amines is 1. The quantitative estimate of drug-likeness (QED) is 0.735. The van der Waals surface area contributed by atoms with Gasteiger partial charge < -0.3 is 15.6 Å². The van der Waals surface area contributed by atoms with Gasteiger partial charge in [0.2, 0.25) is 0 Å². The number of amides is 1. The normalized spacial score (nSPS) is 11.2. The van der Waals surface area contributed by atoms with Gasteiger partial charge in [-0.25, -0.2) is 4.98 Å². The number of rotatable bonds is 5. The van der Waals surface area contributed by atoms with E-state index in [-0.39, 0.29) is 11.0 Å².